The van der Waals surface area contributed by atoms with Crippen LogP contribution in [0.25, 0.3) is 11.1 Å². The second-order valence-electron chi connectivity index (χ2n) is 9.77. The van der Waals surface area contributed by atoms with Crippen molar-refractivity contribution in [1.29, 1.82) is 0 Å². The number of hydrogen-bond acceptors (Lipinski definition) is 5. The van der Waals surface area contributed by atoms with Crippen LogP contribution in [0.2, 0.25) is 0 Å². The number of ether oxygens (including phenoxy) is 2. The van der Waals surface area contributed by atoms with E-state index in [0.29, 0.717) is 24.6 Å². The maximum absolute atomic E-state index is 12.5. The Bertz CT molecular complexity index is 1080. The lowest BCUT2D eigenvalue weighted by Gasteiger charge is -2.27. The molecule has 196 valence electrons. The van der Waals surface area contributed by atoms with Crippen LogP contribution in [0.1, 0.15) is 44.9 Å². The van der Waals surface area contributed by atoms with Crippen LogP contribution in [0.15, 0.2) is 66.7 Å². The molecule has 4 atom stereocenters. The molecule has 0 aliphatic carbocycles. The maximum atomic E-state index is 12.5. The molecule has 2 amide bonds. The second kappa shape index (κ2) is 13.2. The molecule has 2 saturated heterocycles. The molecule has 2 N–H and O–H groups in total. The Hall–Kier alpha value is -3.45. The first-order chi connectivity index (χ1) is 18.0. The van der Waals surface area contributed by atoms with Crippen LogP contribution >= 0.6 is 0 Å². The normalized spacial score (nSPS) is 22.2. The number of esters is 1. The average molecular weight is 505 g/mol. The Kier molecular flexibility index (Phi) is 9.49. The van der Waals surface area contributed by atoms with Crippen molar-refractivity contribution in [3.8, 4) is 11.1 Å². The van der Waals surface area contributed by atoms with Gasteiger partial charge in [-0.2, -0.15) is 0 Å². The van der Waals surface area contributed by atoms with Crippen molar-refractivity contribution in [1.82, 2.24) is 5.32 Å². The van der Waals surface area contributed by atoms with Gasteiger partial charge in [-0.3, -0.25) is 14.4 Å². The third-order valence-electron chi connectivity index (χ3n) is 7.28. The van der Waals surface area contributed by atoms with Crippen LogP contribution in [-0.2, 0) is 23.9 Å². The van der Waals surface area contributed by atoms with Gasteiger partial charge in [0, 0.05) is 24.6 Å². The van der Waals surface area contributed by atoms with E-state index >= 15 is 0 Å². The second-order valence-corrected chi connectivity index (χ2v) is 9.77. The van der Waals surface area contributed by atoms with Gasteiger partial charge in [0.25, 0.3) is 0 Å². The van der Waals surface area contributed by atoms with Crippen LogP contribution in [0.5, 0.6) is 0 Å². The van der Waals surface area contributed by atoms with Crippen molar-refractivity contribution in [2.45, 2.75) is 57.2 Å². The highest BCUT2D eigenvalue weighted by Gasteiger charge is 2.48. The molecule has 0 saturated carbocycles. The van der Waals surface area contributed by atoms with Crippen LogP contribution < -0.4 is 10.6 Å². The predicted molar refractivity (Wildman–Crippen MR) is 143 cm³/mol. The van der Waals surface area contributed by atoms with Gasteiger partial charge in [-0.05, 0) is 61.3 Å². The summed E-state index contributed by atoms with van der Waals surface area (Å²) in [6, 6.07) is 17.6. The van der Waals surface area contributed by atoms with E-state index in [0.717, 1.165) is 43.2 Å². The Morgan fingerprint density at radius 3 is 2.35 bits per heavy atom. The molecule has 0 unspecified atom stereocenters. The van der Waals surface area contributed by atoms with E-state index in [2.05, 4.69) is 27.5 Å². The number of unbranched alkanes of at least 4 members (excludes halogenated alkanes) is 1. The molecule has 4 rings (SSSR count). The summed E-state index contributed by atoms with van der Waals surface area (Å²) in [5, 5.41) is 5.77. The summed E-state index contributed by atoms with van der Waals surface area (Å²) in [4.78, 5) is 36.1. The number of carbonyl (C=O) groups excluding carboxylic acids is 3. The molecule has 2 aromatic rings. The zero-order valence-electron chi connectivity index (χ0n) is 21.4. The summed E-state index contributed by atoms with van der Waals surface area (Å²) < 4.78 is 10.8. The lowest BCUT2D eigenvalue weighted by molar-refractivity contribution is -0.140. The molecule has 0 aromatic heterocycles. The van der Waals surface area contributed by atoms with Gasteiger partial charge < -0.3 is 20.1 Å². The smallest absolute Gasteiger partial charge is 0.305 e. The monoisotopic (exact) mass is 504 g/mol. The van der Waals surface area contributed by atoms with Crippen LogP contribution in [-0.4, -0.2) is 43.6 Å². The number of fused-ring (bicyclic) bond motifs is 2. The van der Waals surface area contributed by atoms with Crippen molar-refractivity contribution in [2.24, 2.45) is 11.8 Å². The third kappa shape index (κ3) is 7.52. The molecule has 37 heavy (non-hydrogen) atoms. The summed E-state index contributed by atoms with van der Waals surface area (Å²) in [6.07, 6.45) is 9.46. The SMILES string of the molecule is COC(=O)CCCC=CC[C@@H]1[C@H](CNC(=O)CC(=O)Nc2ccc(-c3ccccc3)cc2)[C@@H]2CC[C@H]1O2. The van der Waals surface area contributed by atoms with Gasteiger partial charge in [0.2, 0.25) is 11.8 Å². The standard InChI is InChI=1S/C30H36N2O5/c1-36-30(35)12-8-3-2-7-11-24-25(27-18-17-26(24)37-27)20-31-28(33)19-29(34)32-23-15-13-22(14-16-23)21-9-5-4-6-10-21/h2,4-7,9-10,13-16,24-27H,3,8,11-12,17-20H2,1H3,(H,31,33)(H,32,34)/t24-,25+,26-,27+/m1/s1. The summed E-state index contributed by atoms with van der Waals surface area (Å²) in [7, 11) is 1.41. The Morgan fingerprint density at radius 1 is 0.919 bits per heavy atom. The first kappa shape index (κ1) is 26.6. The van der Waals surface area contributed by atoms with E-state index in [4.69, 9.17) is 4.74 Å². The van der Waals surface area contributed by atoms with Crippen molar-refractivity contribution < 1.29 is 23.9 Å². The van der Waals surface area contributed by atoms with Crippen LogP contribution in [0, 0.1) is 11.8 Å². The molecule has 7 nitrogen and oxygen atoms in total. The first-order valence-electron chi connectivity index (χ1n) is 13.1. The highest BCUT2D eigenvalue weighted by atomic mass is 16.5. The number of rotatable bonds is 12. The molecular weight excluding hydrogens is 468 g/mol. The Balaban J connectivity index is 1.19. The molecule has 2 aliphatic heterocycles. The summed E-state index contributed by atoms with van der Waals surface area (Å²) in [5.41, 5.74) is 2.84. The summed E-state index contributed by atoms with van der Waals surface area (Å²) >= 11 is 0. The van der Waals surface area contributed by atoms with E-state index in [-0.39, 0.29) is 42.3 Å². The van der Waals surface area contributed by atoms with Crippen molar-refractivity contribution in [2.75, 3.05) is 19.0 Å². The molecule has 0 spiro atoms. The average Bonchev–Trinajstić information content (AvgIpc) is 3.52. The van der Waals surface area contributed by atoms with Crippen LogP contribution in [0.3, 0.4) is 0 Å². The first-order valence-corrected chi connectivity index (χ1v) is 13.1. The number of amides is 2. The lowest BCUT2D eigenvalue weighted by atomic mass is 9.77. The maximum Gasteiger partial charge on any atom is 0.305 e. The summed E-state index contributed by atoms with van der Waals surface area (Å²) in [6.45, 7) is 0.514. The number of nitrogens with one attached hydrogen (secondary N) is 2. The van der Waals surface area contributed by atoms with E-state index in [1.54, 1.807) is 0 Å². The van der Waals surface area contributed by atoms with E-state index in [1.165, 1.54) is 7.11 Å². The molecule has 2 bridgehead atoms. The minimum absolute atomic E-state index is 0.167. The fourth-order valence-electron chi connectivity index (χ4n) is 5.34. The number of carbonyl (C=O) groups is 3. The van der Waals surface area contributed by atoms with Gasteiger partial charge >= 0.3 is 5.97 Å². The molecule has 0 radical (unpaired) electrons. The van der Waals surface area contributed by atoms with E-state index in [9.17, 15) is 14.4 Å². The van der Waals surface area contributed by atoms with Crippen molar-refractivity contribution >= 4 is 23.5 Å². The van der Waals surface area contributed by atoms with Gasteiger partial charge in [0.05, 0.1) is 19.3 Å². The number of allylic oxidation sites excluding steroid dienone is 2. The molecule has 2 aromatic carbocycles. The lowest BCUT2D eigenvalue weighted by Crippen LogP contribution is -2.39. The minimum Gasteiger partial charge on any atom is -0.469 e. The third-order valence-corrected chi connectivity index (χ3v) is 7.28. The Labute approximate surface area is 218 Å². The number of methoxy groups -OCH3 is 1. The zero-order chi connectivity index (χ0) is 26.0. The number of anilines is 1. The number of benzene rings is 2. The molecular formula is C30H36N2O5. The van der Waals surface area contributed by atoms with Gasteiger partial charge in [0.15, 0.2) is 0 Å². The van der Waals surface area contributed by atoms with E-state index in [1.807, 2.05) is 54.6 Å². The topological polar surface area (TPSA) is 93.7 Å². The predicted octanol–water partition coefficient (Wildman–Crippen LogP) is 4.88. The fourth-order valence-corrected chi connectivity index (χ4v) is 5.34. The van der Waals surface area contributed by atoms with Crippen molar-refractivity contribution in [3.05, 3.63) is 66.7 Å². The highest BCUT2D eigenvalue weighted by Crippen LogP contribution is 2.44. The molecule has 2 aliphatic rings. The molecule has 2 fully saturated rings. The highest BCUT2D eigenvalue weighted by molar-refractivity contribution is 6.03. The zero-order valence-corrected chi connectivity index (χ0v) is 21.4. The quantitative estimate of drug-likeness (QED) is 0.186. The van der Waals surface area contributed by atoms with Gasteiger partial charge in [0.1, 0.15) is 6.42 Å². The number of hydrogen-bond donors (Lipinski definition) is 2. The van der Waals surface area contributed by atoms with Gasteiger partial charge in [-0.1, -0.05) is 54.6 Å². The molecule has 7 heteroatoms. The largest absolute Gasteiger partial charge is 0.469 e. The van der Waals surface area contributed by atoms with Crippen molar-refractivity contribution in [3.63, 3.8) is 0 Å². The van der Waals surface area contributed by atoms with Crippen LogP contribution in [0.4, 0.5) is 5.69 Å². The molecule has 2 heterocycles. The van der Waals surface area contributed by atoms with Gasteiger partial charge in [-0.25, -0.2) is 0 Å². The Morgan fingerprint density at radius 2 is 1.62 bits per heavy atom. The minimum atomic E-state index is -0.333. The van der Waals surface area contributed by atoms with E-state index < -0.39 is 0 Å². The summed E-state index contributed by atoms with van der Waals surface area (Å²) in [5.74, 6) is -0.192. The van der Waals surface area contributed by atoms with Gasteiger partial charge in [-0.15, -0.1) is 0 Å². The fraction of sp³-hybridized carbons (Fsp3) is 0.433.